The van der Waals surface area contributed by atoms with Crippen LogP contribution in [0.15, 0.2) is 36.4 Å². The van der Waals surface area contributed by atoms with Gasteiger partial charge in [0.15, 0.2) is 6.10 Å². The molecular weight excluding hydrogens is 308 g/mol. The van der Waals surface area contributed by atoms with Crippen LogP contribution in [0.25, 0.3) is 0 Å². The van der Waals surface area contributed by atoms with E-state index in [1.54, 1.807) is 19.9 Å². The van der Waals surface area contributed by atoms with E-state index in [0.717, 1.165) is 11.1 Å². The predicted molar refractivity (Wildman–Crippen MR) is 92.5 cm³/mol. The maximum Gasteiger partial charge on any atom is 0.274 e. The molecule has 0 heterocycles. The summed E-state index contributed by atoms with van der Waals surface area (Å²) in [5.74, 6) is 0.285. The van der Waals surface area contributed by atoms with Crippen LogP contribution < -0.4 is 10.1 Å². The smallest absolute Gasteiger partial charge is 0.274 e. The van der Waals surface area contributed by atoms with Crippen LogP contribution in [0.4, 0.5) is 11.4 Å². The van der Waals surface area contributed by atoms with Gasteiger partial charge in [0.2, 0.25) is 0 Å². The van der Waals surface area contributed by atoms with Gasteiger partial charge in [0.05, 0.1) is 16.2 Å². The average Bonchev–Trinajstić information content (AvgIpc) is 2.52. The SMILES string of the molecule is Cc1ccc(C)c(OC(C)C(=O)Nc2cccc([N+](=O)[O-])c2C)c1. The molecule has 24 heavy (non-hydrogen) atoms. The highest BCUT2D eigenvalue weighted by Gasteiger charge is 2.19. The number of nitrogens with one attached hydrogen (secondary N) is 1. The molecule has 0 aliphatic heterocycles. The molecule has 6 nitrogen and oxygen atoms in total. The third-order valence-corrected chi connectivity index (χ3v) is 3.78. The molecule has 2 aromatic rings. The highest BCUT2D eigenvalue weighted by atomic mass is 16.6. The van der Waals surface area contributed by atoms with Crippen molar-refractivity contribution >= 4 is 17.3 Å². The van der Waals surface area contributed by atoms with Crippen LogP contribution in [0, 0.1) is 30.9 Å². The third-order valence-electron chi connectivity index (χ3n) is 3.78. The van der Waals surface area contributed by atoms with Gasteiger partial charge in [0, 0.05) is 6.07 Å². The zero-order chi connectivity index (χ0) is 17.9. The van der Waals surface area contributed by atoms with Gasteiger partial charge in [0.25, 0.3) is 11.6 Å². The quantitative estimate of drug-likeness (QED) is 0.666. The van der Waals surface area contributed by atoms with E-state index >= 15 is 0 Å². The highest BCUT2D eigenvalue weighted by Crippen LogP contribution is 2.26. The summed E-state index contributed by atoms with van der Waals surface area (Å²) in [6, 6.07) is 10.3. The number of hydrogen-bond acceptors (Lipinski definition) is 4. The molecule has 0 aliphatic rings. The van der Waals surface area contributed by atoms with Crippen molar-refractivity contribution < 1.29 is 14.5 Å². The number of rotatable bonds is 5. The van der Waals surface area contributed by atoms with E-state index in [1.165, 1.54) is 12.1 Å². The second kappa shape index (κ2) is 7.12. The first-order chi connectivity index (χ1) is 11.3. The van der Waals surface area contributed by atoms with Gasteiger partial charge in [-0.05, 0) is 51.0 Å². The molecule has 0 fully saturated rings. The molecule has 0 saturated heterocycles. The van der Waals surface area contributed by atoms with Crippen LogP contribution >= 0.6 is 0 Å². The number of aryl methyl sites for hydroxylation is 2. The standard InChI is InChI=1S/C18H20N2O4/c1-11-8-9-12(2)17(10-11)24-14(4)18(21)19-15-6-5-7-16(13(15)3)20(22)23/h5-10,14H,1-4H3,(H,19,21). The fraction of sp³-hybridized carbons (Fsp3) is 0.278. The Bertz CT molecular complexity index is 787. The molecule has 1 atom stereocenters. The second-order valence-electron chi connectivity index (χ2n) is 5.73. The van der Waals surface area contributed by atoms with Gasteiger partial charge in [0.1, 0.15) is 5.75 Å². The maximum atomic E-state index is 12.3. The van der Waals surface area contributed by atoms with Gasteiger partial charge in [-0.3, -0.25) is 14.9 Å². The summed E-state index contributed by atoms with van der Waals surface area (Å²) >= 11 is 0. The number of carbonyl (C=O) groups excluding carboxylic acids is 1. The predicted octanol–water partition coefficient (Wildman–Crippen LogP) is 3.93. The Balaban J connectivity index is 2.14. The number of benzene rings is 2. The molecule has 0 saturated carbocycles. The highest BCUT2D eigenvalue weighted by molar-refractivity contribution is 5.95. The lowest BCUT2D eigenvalue weighted by atomic mass is 10.1. The molecule has 6 heteroatoms. The lowest BCUT2D eigenvalue weighted by Gasteiger charge is -2.17. The molecule has 2 aromatic carbocycles. The number of nitro benzene ring substituents is 1. The van der Waals surface area contributed by atoms with Crippen LogP contribution in [-0.2, 0) is 4.79 Å². The number of nitro groups is 1. The van der Waals surface area contributed by atoms with E-state index in [0.29, 0.717) is 17.0 Å². The average molecular weight is 328 g/mol. The lowest BCUT2D eigenvalue weighted by Crippen LogP contribution is -2.30. The van der Waals surface area contributed by atoms with Crippen molar-refractivity contribution in [2.45, 2.75) is 33.8 Å². The van der Waals surface area contributed by atoms with Crippen molar-refractivity contribution in [2.75, 3.05) is 5.32 Å². The maximum absolute atomic E-state index is 12.3. The van der Waals surface area contributed by atoms with Crippen molar-refractivity contribution in [1.29, 1.82) is 0 Å². The van der Waals surface area contributed by atoms with Crippen LogP contribution in [0.5, 0.6) is 5.75 Å². The largest absolute Gasteiger partial charge is 0.481 e. The number of ether oxygens (including phenoxy) is 1. The van der Waals surface area contributed by atoms with E-state index < -0.39 is 11.0 Å². The Morgan fingerprint density at radius 2 is 1.92 bits per heavy atom. The Kier molecular flexibility index (Phi) is 5.18. The minimum absolute atomic E-state index is 0.0316. The van der Waals surface area contributed by atoms with Gasteiger partial charge in [-0.15, -0.1) is 0 Å². The molecule has 0 spiro atoms. The molecule has 126 valence electrons. The molecule has 1 unspecified atom stereocenters. The number of nitrogens with zero attached hydrogens (tertiary/aromatic N) is 1. The lowest BCUT2D eigenvalue weighted by molar-refractivity contribution is -0.385. The number of carbonyl (C=O) groups is 1. The zero-order valence-corrected chi connectivity index (χ0v) is 14.1. The Morgan fingerprint density at radius 1 is 1.21 bits per heavy atom. The first-order valence-electron chi connectivity index (χ1n) is 7.58. The van der Waals surface area contributed by atoms with Crippen molar-refractivity contribution in [1.82, 2.24) is 0 Å². The fourth-order valence-corrected chi connectivity index (χ4v) is 2.27. The Labute approximate surface area is 140 Å². The first-order valence-corrected chi connectivity index (χ1v) is 7.58. The van der Waals surface area contributed by atoms with Crippen LogP contribution in [0.3, 0.4) is 0 Å². The van der Waals surface area contributed by atoms with Crippen LogP contribution in [0.2, 0.25) is 0 Å². The van der Waals surface area contributed by atoms with E-state index in [9.17, 15) is 14.9 Å². The Morgan fingerprint density at radius 3 is 2.58 bits per heavy atom. The molecule has 0 aromatic heterocycles. The third kappa shape index (κ3) is 3.90. The minimum atomic E-state index is -0.732. The van der Waals surface area contributed by atoms with Gasteiger partial charge in [-0.1, -0.05) is 18.2 Å². The van der Waals surface area contributed by atoms with Gasteiger partial charge < -0.3 is 10.1 Å². The van der Waals surface area contributed by atoms with Crippen LogP contribution in [-0.4, -0.2) is 16.9 Å². The summed E-state index contributed by atoms with van der Waals surface area (Å²) in [6.07, 6.45) is -0.732. The molecule has 0 aliphatic carbocycles. The molecule has 1 N–H and O–H groups in total. The second-order valence-corrected chi connectivity index (χ2v) is 5.73. The fourth-order valence-electron chi connectivity index (χ4n) is 2.27. The summed E-state index contributed by atoms with van der Waals surface area (Å²) in [5.41, 5.74) is 2.76. The molecular formula is C18H20N2O4. The molecule has 0 radical (unpaired) electrons. The Hall–Kier alpha value is -2.89. The first kappa shape index (κ1) is 17.5. The topological polar surface area (TPSA) is 81.5 Å². The van der Waals surface area contributed by atoms with E-state index in [1.807, 2.05) is 32.0 Å². The molecule has 2 rings (SSSR count). The van der Waals surface area contributed by atoms with Crippen molar-refractivity contribution in [3.63, 3.8) is 0 Å². The minimum Gasteiger partial charge on any atom is -0.481 e. The van der Waals surface area contributed by atoms with Crippen molar-refractivity contribution in [3.8, 4) is 5.75 Å². The summed E-state index contributed by atoms with van der Waals surface area (Å²) in [4.78, 5) is 22.8. The monoisotopic (exact) mass is 328 g/mol. The van der Waals surface area contributed by atoms with E-state index in [2.05, 4.69) is 5.32 Å². The molecule has 1 amide bonds. The zero-order valence-electron chi connectivity index (χ0n) is 14.1. The van der Waals surface area contributed by atoms with Gasteiger partial charge in [-0.2, -0.15) is 0 Å². The summed E-state index contributed by atoms with van der Waals surface area (Å²) < 4.78 is 5.73. The molecule has 0 bridgehead atoms. The van der Waals surface area contributed by atoms with E-state index in [-0.39, 0.29) is 11.6 Å². The summed E-state index contributed by atoms with van der Waals surface area (Å²) in [5, 5.41) is 13.7. The van der Waals surface area contributed by atoms with Gasteiger partial charge in [-0.25, -0.2) is 0 Å². The van der Waals surface area contributed by atoms with E-state index in [4.69, 9.17) is 4.74 Å². The number of anilines is 1. The summed E-state index contributed by atoms with van der Waals surface area (Å²) in [7, 11) is 0. The van der Waals surface area contributed by atoms with Gasteiger partial charge >= 0.3 is 0 Å². The summed E-state index contributed by atoms with van der Waals surface area (Å²) in [6.45, 7) is 7.10. The number of amides is 1. The van der Waals surface area contributed by atoms with Crippen LogP contribution in [0.1, 0.15) is 23.6 Å². The normalized spacial score (nSPS) is 11.7. The van der Waals surface area contributed by atoms with Crippen molar-refractivity contribution in [3.05, 3.63) is 63.2 Å². The van der Waals surface area contributed by atoms with Crippen molar-refractivity contribution in [2.24, 2.45) is 0 Å². The number of hydrogen-bond donors (Lipinski definition) is 1.